The molecule has 0 radical (unpaired) electrons. The molecule has 11 N–H and O–H groups in total. The van der Waals surface area contributed by atoms with Crippen molar-refractivity contribution >= 4 is 83.8 Å². The number of nitrogens with two attached hydrogens (primary N) is 1. The summed E-state index contributed by atoms with van der Waals surface area (Å²) in [5.74, 6) is -10.9. The number of carboxylic acid groups (broad SMARTS) is 4. The molecule has 0 bridgehead atoms. The van der Waals surface area contributed by atoms with Gasteiger partial charge in [-0.25, -0.2) is 9.59 Å². The second-order valence-corrected chi connectivity index (χ2v) is 17.7. The summed E-state index contributed by atoms with van der Waals surface area (Å²) >= 11 is 3.92. The summed E-state index contributed by atoms with van der Waals surface area (Å²) in [6.45, 7) is -0.415. The second kappa shape index (κ2) is 37.4. The van der Waals surface area contributed by atoms with Gasteiger partial charge in [0.05, 0.1) is 24.4 Å². The third kappa shape index (κ3) is 29.3. The first kappa shape index (κ1) is 64.7. The fraction of sp³-hybridized carbons (Fsp3) is 0.520. The van der Waals surface area contributed by atoms with E-state index in [2.05, 4.69) is 39.2 Å². The predicted molar refractivity (Wildman–Crippen MR) is 266 cm³/mol. The van der Waals surface area contributed by atoms with E-state index in [1.54, 1.807) is 42.5 Å². The highest BCUT2D eigenvalue weighted by molar-refractivity contribution is 7.80. The van der Waals surface area contributed by atoms with Crippen LogP contribution in [-0.2, 0) is 70.4 Å². The molecule has 0 saturated carbocycles. The Hall–Kier alpha value is -7.30. The Labute approximate surface area is 433 Å². The topological polar surface area (TPSA) is 389 Å². The van der Waals surface area contributed by atoms with E-state index >= 15 is 0 Å². The van der Waals surface area contributed by atoms with E-state index in [0.717, 1.165) is 30.4 Å². The zero-order valence-corrected chi connectivity index (χ0v) is 41.9. The van der Waals surface area contributed by atoms with Crippen molar-refractivity contribution in [3.05, 3.63) is 71.8 Å². The summed E-state index contributed by atoms with van der Waals surface area (Å²) in [6.07, 6.45) is 3.08. The maximum absolute atomic E-state index is 14.1. The molecule has 6 atom stereocenters. The van der Waals surface area contributed by atoms with Crippen molar-refractivity contribution < 1.29 is 82.8 Å². The molecule has 2 rings (SSSR count). The number of thiol groups is 1. The third-order valence-electron chi connectivity index (χ3n) is 11.4. The van der Waals surface area contributed by atoms with Crippen LogP contribution in [0.5, 0.6) is 0 Å². The first-order valence-electron chi connectivity index (χ1n) is 24.0. The van der Waals surface area contributed by atoms with Gasteiger partial charge in [-0.05, 0) is 49.7 Å². The average molecular weight is 1060 g/mol. The van der Waals surface area contributed by atoms with Gasteiger partial charge in [-0.3, -0.25) is 43.2 Å². The minimum Gasteiger partial charge on any atom is -0.481 e. The molecule has 0 saturated heterocycles. The summed E-state index contributed by atoms with van der Waals surface area (Å²) in [7, 11) is 0. The number of urea groups is 1. The summed E-state index contributed by atoms with van der Waals surface area (Å²) in [4.78, 5) is 153. The highest BCUT2D eigenvalue weighted by Gasteiger charge is 2.32. The highest BCUT2D eigenvalue weighted by Crippen LogP contribution is 2.18. The number of carbonyl (C=O) groups is 11. The van der Waals surface area contributed by atoms with Gasteiger partial charge in [0.2, 0.25) is 17.7 Å². The van der Waals surface area contributed by atoms with E-state index in [0.29, 0.717) is 19.3 Å². The Morgan fingerprint density at radius 1 is 0.541 bits per heavy atom. The molecule has 406 valence electrons. The summed E-state index contributed by atoms with van der Waals surface area (Å²) < 4.78 is 0. The number of ketones is 3. The molecule has 24 heteroatoms. The number of amides is 5. The lowest BCUT2D eigenvalue weighted by atomic mass is 9.89. The van der Waals surface area contributed by atoms with Crippen LogP contribution in [0.3, 0.4) is 0 Å². The smallest absolute Gasteiger partial charge is 0.373 e. The van der Waals surface area contributed by atoms with Crippen LogP contribution in [-0.4, -0.2) is 135 Å². The van der Waals surface area contributed by atoms with Crippen molar-refractivity contribution in [2.75, 3.05) is 18.8 Å². The van der Waals surface area contributed by atoms with Gasteiger partial charge in [-0.1, -0.05) is 86.3 Å². The molecule has 2 aromatic carbocycles. The first-order chi connectivity index (χ1) is 35.2. The Morgan fingerprint density at radius 2 is 1.08 bits per heavy atom. The molecule has 2 aromatic rings. The monoisotopic (exact) mass is 1060 g/mol. The van der Waals surface area contributed by atoms with Gasteiger partial charge in [-0.15, -0.1) is 0 Å². The summed E-state index contributed by atoms with van der Waals surface area (Å²) in [5.41, 5.74) is 7.54. The van der Waals surface area contributed by atoms with E-state index < -0.39 is 109 Å². The number of unbranched alkanes of at least 4 members (excludes halogenated alkanes) is 5. The van der Waals surface area contributed by atoms with E-state index in [1.807, 2.05) is 18.2 Å². The molecule has 0 aromatic heterocycles. The number of benzene rings is 2. The number of nitrogens with one attached hydrogen (secondary N) is 5. The molecule has 0 heterocycles. The number of aliphatic carboxylic acids is 4. The number of hydrogen-bond donors (Lipinski definition) is 11. The van der Waals surface area contributed by atoms with E-state index in [9.17, 15) is 68.1 Å². The van der Waals surface area contributed by atoms with E-state index in [-0.39, 0.29) is 87.9 Å². The van der Waals surface area contributed by atoms with Crippen LogP contribution < -0.4 is 32.3 Å². The fourth-order valence-corrected chi connectivity index (χ4v) is 7.60. The maximum atomic E-state index is 14.1. The van der Waals surface area contributed by atoms with Gasteiger partial charge in [0, 0.05) is 63.3 Å². The van der Waals surface area contributed by atoms with Crippen LogP contribution in [0.1, 0.15) is 107 Å². The Kier molecular flexibility index (Phi) is 32.7. The van der Waals surface area contributed by atoms with Crippen LogP contribution in [0.15, 0.2) is 60.7 Å². The molecule has 0 aliphatic heterocycles. The van der Waals surface area contributed by atoms with Gasteiger partial charge in [-0.2, -0.15) is 22.2 Å². The van der Waals surface area contributed by atoms with E-state index in [4.69, 9.17) is 20.4 Å². The van der Waals surface area contributed by atoms with Crippen molar-refractivity contribution in [1.29, 1.82) is 0 Å². The second-order valence-electron chi connectivity index (χ2n) is 17.3. The molecule has 5 amide bonds. The fourth-order valence-electron chi connectivity index (χ4n) is 7.32. The molecule has 0 fully saturated rings. The lowest BCUT2D eigenvalue weighted by Crippen LogP contribution is -2.53. The molecule has 23 nitrogen and oxygen atoms in total. The predicted octanol–water partition coefficient (Wildman–Crippen LogP) is 2.03. The number of carboxylic acids is 4. The van der Waals surface area contributed by atoms with Crippen molar-refractivity contribution in [1.82, 2.24) is 26.6 Å². The van der Waals surface area contributed by atoms with Crippen LogP contribution in [0.4, 0.5) is 4.79 Å². The van der Waals surface area contributed by atoms with Crippen molar-refractivity contribution in [2.24, 2.45) is 17.6 Å². The quantitative estimate of drug-likeness (QED) is 0.0338. The molecular weight excluding hydrogens is 989 g/mol. The van der Waals surface area contributed by atoms with E-state index in [1.165, 1.54) is 0 Å². The maximum Gasteiger partial charge on any atom is 0.373 e. The van der Waals surface area contributed by atoms with Gasteiger partial charge in [0.25, 0.3) is 0 Å². The molecular formula is C50H68N6O17S. The van der Waals surface area contributed by atoms with Crippen LogP contribution in [0.2, 0.25) is 0 Å². The number of hydrogen-bond acceptors (Lipinski definition) is 15. The van der Waals surface area contributed by atoms with Gasteiger partial charge in [0.1, 0.15) is 17.9 Å². The number of Topliss-reactive ketones (excluding diaryl/α,β-unsaturated/α-hetero) is 3. The molecule has 74 heavy (non-hydrogen) atoms. The standard InChI is InChI=1S/C49H68N6O15S.CO2/c50-36(46(65)54-39(28-44(62)63)41(58)27-34(30-71)47(66)67)29-52-45(64)33(24-31-14-7-5-8-15-31)26-40(57)38(25-32-16-9-6-10-17-32)53-42(59)19-12-4-2-1-3-11-18-35(56)21-22-37(48(68)69)55-49(70)51-23-13-20-43(60)61;2-1-3/h5-10,14-17,33-34,36-39,71H,1-4,11-13,18-30,50H2,(H,52,64)(H,53,59)(H,54,65)(H,60,61)(H,62,63)(H,66,67)(H,68,69)(H2,51,55,70);/t33-,34+,36+,37+,38+,39+;/m1./s1. The summed E-state index contributed by atoms with van der Waals surface area (Å²) in [5, 5.41) is 49.1. The molecule has 0 aliphatic rings. The minimum atomic E-state index is -1.60. The van der Waals surface area contributed by atoms with Crippen molar-refractivity contribution in [3.63, 3.8) is 0 Å². The van der Waals surface area contributed by atoms with Crippen LogP contribution in [0, 0.1) is 11.8 Å². The Balaban J connectivity index is 0.00000889. The largest absolute Gasteiger partial charge is 0.481 e. The zero-order valence-electron chi connectivity index (χ0n) is 41.0. The molecule has 0 unspecified atom stereocenters. The van der Waals surface area contributed by atoms with Gasteiger partial charge >= 0.3 is 36.1 Å². The lowest BCUT2D eigenvalue weighted by molar-refractivity contribution is -0.192. The number of rotatable bonds is 38. The SMILES string of the molecule is N[C@@H](CNC(=O)[C@@H](CC(=O)[C@H](Cc1ccccc1)NC(=O)CCCCCCCCC(=O)CC[C@H](NC(=O)NCCCC(=O)O)C(=O)O)Cc1ccccc1)C(=O)N[C@@H](CC(=O)O)C(=O)C[C@@H](CS)C(=O)O.O=C=O. The molecule has 0 spiro atoms. The lowest BCUT2D eigenvalue weighted by Gasteiger charge is -2.23. The van der Waals surface area contributed by atoms with Crippen LogP contribution >= 0.6 is 12.6 Å². The highest BCUT2D eigenvalue weighted by atomic mass is 32.1. The zero-order chi connectivity index (χ0) is 55.4. The van der Waals surface area contributed by atoms with Crippen LogP contribution in [0.25, 0.3) is 0 Å². The minimum absolute atomic E-state index is 0.0439. The Bertz CT molecular complexity index is 2190. The van der Waals surface area contributed by atoms with Crippen molar-refractivity contribution in [2.45, 2.75) is 133 Å². The Morgan fingerprint density at radius 3 is 1.62 bits per heavy atom. The molecule has 0 aliphatic carbocycles. The van der Waals surface area contributed by atoms with Crippen molar-refractivity contribution in [3.8, 4) is 0 Å². The third-order valence-corrected chi connectivity index (χ3v) is 11.8. The van der Waals surface area contributed by atoms with Gasteiger partial charge < -0.3 is 52.7 Å². The number of carbonyl (C=O) groups excluding carboxylic acids is 9. The first-order valence-corrected chi connectivity index (χ1v) is 24.7. The normalized spacial score (nSPS) is 13.0. The average Bonchev–Trinajstić information content (AvgIpc) is 3.35. The van der Waals surface area contributed by atoms with Gasteiger partial charge in [0.15, 0.2) is 11.6 Å². The summed E-state index contributed by atoms with van der Waals surface area (Å²) in [6, 6.07) is 11.8.